The van der Waals surface area contributed by atoms with Gasteiger partial charge in [-0.2, -0.15) is 5.10 Å². The van der Waals surface area contributed by atoms with Crippen LogP contribution in [-0.4, -0.2) is 25.2 Å². The number of rotatable bonds is 4. The number of aromatic nitrogens is 4. The van der Waals surface area contributed by atoms with E-state index >= 15 is 0 Å². The maximum Gasteiger partial charge on any atom is 0.346 e. The number of aryl methyl sites for hydroxylation is 2. The highest BCUT2D eigenvalue weighted by molar-refractivity contribution is 7.09. The highest BCUT2D eigenvalue weighted by Gasteiger charge is 2.17. The fraction of sp³-hybridized carbons (Fsp3) is 0.368. The zero-order chi connectivity index (χ0) is 18.8. The van der Waals surface area contributed by atoms with Crippen LogP contribution in [0.4, 0.5) is 5.69 Å². The first-order valence-electron chi connectivity index (χ1n) is 9.09. The van der Waals surface area contributed by atoms with Crippen LogP contribution in [0.15, 0.2) is 34.4 Å². The summed E-state index contributed by atoms with van der Waals surface area (Å²) in [6.45, 7) is 2.56. The predicted octanol–water partition coefficient (Wildman–Crippen LogP) is 2.84. The van der Waals surface area contributed by atoms with Crippen molar-refractivity contribution in [2.45, 2.75) is 45.7 Å². The van der Waals surface area contributed by atoms with Crippen LogP contribution in [-0.2, 0) is 24.3 Å². The monoisotopic (exact) mass is 383 g/mol. The standard InChI is InChI=1S/C19H21N5O2S/c1-13-20-16(12-27-13)14-6-5-7-15(10-14)21-18(25)11-24-19(26)23-9-4-2-3-8-17(23)22-24/h5-7,10,12H,2-4,8-9,11H2,1H3,(H,21,25). The van der Waals surface area contributed by atoms with Gasteiger partial charge in [-0.1, -0.05) is 18.6 Å². The lowest BCUT2D eigenvalue weighted by atomic mass is 10.1. The lowest BCUT2D eigenvalue weighted by Crippen LogP contribution is -2.30. The van der Waals surface area contributed by atoms with Crippen LogP contribution >= 0.6 is 11.3 Å². The number of carbonyl (C=O) groups is 1. The molecule has 27 heavy (non-hydrogen) atoms. The Morgan fingerprint density at radius 2 is 2.19 bits per heavy atom. The van der Waals surface area contributed by atoms with E-state index in [4.69, 9.17) is 0 Å². The van der Waals surface area contributed by atoms with Gasteiger partial charge in [0, 0.05) is 29.6 Å². The van der Waals surface area contributed by atoms with Crippen molar-refractivity contribution in [1.82, 2.24) is 19.3 Å². The topological polar surface area (TPSA) is 81.8 Å². The van der Waals surface area contributed by atoms with Gasteiger partial charge in [0.05, 0.1) is 10.7 Å². The Labute approximate surface area is 160 Å². The summed E-state index contributed by atoms with van der Waals surface area (Å²) < 4.78 is 2.97. The number of thiazole rings is 1. The summed E-state index contributed by atoms with van der Waals surface area (Å²) in [5.41, 5.74) is 2.32. The molecule has 1 N–H and O–H groups in total. The van der Waals surface area contributed by atoms with Crippen molar-refractivity contribution in [2.24, 2.45) is 0 Å². The van der Waals surface area contributed by atoms with E-state index in [1.165, 1.54) is 4.68 Å². The third kappa shape index (κ3) is 3.85. The summed E-state index contributed by atoms with van der Waals surface area (Å²) in [6, 6.07) is 7.55. The Bertz CT molecular complexity index is 1030. The molecule has 7 nitrogen and oxygen atoms in total. The fourth-order valence-electron chi connectivity index (χ4n) is 3.32. The van der Waals surface area contributed by atoms with E-state index in [1.54, 1.807) is 15.9 Å². The number of amides is 1. The van der Waals surface area contributed by atoms with Crippen molar-refractivity contribution in [1.29, 1.82) is 0 Å². The number of anilines is 1. The van der Waals surface area contributed by atoms with Crippen LogP contribution in [0, 0.1) is 6.92 Å². The minimum Gasteiger partial charge on any atom is -0.324 e. The largest absolute Gasteiger partial charge is 0.346 e. The second-order valence-electron chi connectivity index (χ2n) is 6.70. The molecule has 1 aromatic carbocycles. The smallest absolute Gasteiger partial charge is 0.324 e. The zero-order valence-electron chi connectivity index (χ0n) is 15.1. The highest BCUT2D eigenvalue weighted by Crippen LogP contribution is 2.24. The molecule has 0 fully saturated rings. The van der Waals surface area contributed by atoms with E-state index in [-0.39, 0.29) is 18.1 Å². The molecule has 0 radical (unpaired) electrons. The molecule has 2 aromatic heterocycles. The zero-order valence-corrected chi connectivity index (χ0v) is 16.0. The summed E-state index contributed by atoms with van der Waals surface area (Å²) in [5, 5.41) is 10.2. The molecule has 0 aliphatic carbocycles. The average Bonchev–Trinajstić information content (AvgIpc) is 3.11. The summed E-state index contributed by atoms with van der Waals surface area (Å²) in [4.78, 5) is 29.4. The highest BCUT2D eigenvalue weighted by atomic mass is 32.1. The summed E-state index contributed by atoms with van der Waals surface area (Å²) in [6.07, 6.45) is 3.91. The maximum atomic E-state index is 12.5. The van der Waals surface area contributed by atoms with E-state index < -0.39 is 0 Å². The van der Waals surface area contributed by atoms with Crippen LogP contribution in [0.3, 0.4) is 0 Å². The molecule has 1 aliphatic heterocycles. The normalized spacial score (nSPS) is 13.8. The van der Waals surface area contributed by atoms with Gasteiger partial charge in [0.25, 0.3) is 0 Å². The molecule has 4 rings (SSSR count). The molecule has 0 bridgehead atoms. The fourth-order valence-corrected chi connectivity index (χ4v) is 3.94. The molecule has 1 aliphatic rings. The van der Waals surface area contributed by atoms with E-state index in [1.807, 2.05) is 36.6 Å². The molecule has 8 heteroatoms. The van der Waals surface area contributed by atoms with Gasteiger partial charge in [-0.15, -0.1) is 11.3 Å². The summed E-state index contributed by atoms with van der Waals surface area (Å²) >= 11 is 1.59. The van der Waals surface area contributed by atoms with Crippen molar-refractivity contribution >= 4 is 22.9 Å². The minimum atomic E-state index is -0.267. The lowest BCUT2D eigenvalue weighted by molar-refractivity contribution is -0.117. The van der Waals surface area contributed by atoms with Gasteiger partial charge in [0.1, 0.15) is 12.4 Å². The minimum absolute atomic E-state index is 0.0845. The predicted molar refractivity (Wildman–Crippen MR) is 105 cm³/mol. The first-order valence-corrected chi connectivity index (χ1v) is 9.97. The molecule has 0 saturated carbocycles. The Balaban J connectivity index is 1.48. The molecule has 1 amide bonds. The van der Waals surface area contributed by atoms with Gasteiger partial charge in [-0.05, 0) is 31.9 Å². The number of benzene rings is 1. The molecule has 0 atom stereocenters. The Hall–Kier alpha value is -2.74. The number of hydrogen-bond donors (Lipinski definition) is 1. The van der Waals surface area contributed by atoms with Crippen molar-refractivity contribution in [3.05, 3.63) is 51.0 Å². The average molecular weight is 383 g/mol. The van der Waals surface area contributed by atoms with Gasteiger partial charge >= 0.3 is 5.69 Å². The number of nitrogens with one attached hydrogen (secondary N) is 1. The van der Waals surface area contributed by atoms with Gasteiger partial charge in [-0.25, -0.2) is 14.5 Å². The molecule has 3 aromatic rings. The van der Waals surface area contributed by atoms with Crippen LogP contribution in [0.5, 0.6) is 0 Å². The van der Waals surface area contributed by atoms with E-state index in [0.29, 0.717) is 12.2 Å². The first-order chi connectivity index (χ1) is 13.1. The number of nitrogens with zero attached hydrogens (tertiary/aromatic N) is 4. The number of hydrogen-bond acceptors (Lipinski definition) is 5. The van der Waals surface area contributed by atoms with E-state index in [9.17, 15) is 9.59 Å². The Morgan fingerprint density at radius 3 is 3.00 bits per heavy atom. The Kier molecular flexibility index (Phi) is 4.89. The summed E-state index contributed by atoms with van der Waals surface area (Å²) in [7, 11) is 0. The van der Waals surface area contributed by atoms with E-state index in [2.05, 4.69) is 15.4 Å². The Morgan fingerprint density at radius 1 is 1.30 bits per heavy atom. The van der Waals surface area contributed by atoms with Gasteiger partial charge < -0.3 is 5.32 Å². The SMILES string of the molecule is Cc1nc(-c2cccc(NC(=O)Cn3nc4n(c3=O)CCCCC4)c2)cs1. The van der Waals surface area contributed by atoms with Crippen LogP contribution in [0.25, 0.3) is 11.3 Å². The van der Waals surface area contributed by atoms with Crippen molar-refractivity contribution in [3.63, 3.8) is 0 Å². The van der Waals surface area contributed by atoms with Crippen LogP contribution < -0.4 is 11.0 Å². The van der Waals surface area contributed by atoms with Gasteiger partial charge in [0.15, 0.2) is 0 Å². The molecule has 0 spiro atoms. The van der Waals surface area contributed by atoms with Crippen LogP contribution in [0.2, 0.25) is 0 Å². The van der Waals surface area contributed by atoms with Gasteiger partial charge in [-0.3, -0.25) is 9.36 Å². The molecule has 0 saturated heterocycles. The summed E-state index contributed by atoms with van der Waals surface area (Å²) in [5.74, 6) is 0.517. The van der Waals surface area contributed by atoms with Crippen LogP contribution in [0.1, 0.15) is 30.1 Å². The third-order valence-electron chi connectivity index (χ3n) is 4.64. The molecule has 3 heterocycles. The second-order valence-corrected chi connectivity index (χ2v) is 7.76. The quantitative estimate of drug-likeness (QED) is 0.751. The molecular weight excluding hydrogens is 362 g/mol. The van der Waals surface area contributed by atoms with E-state index in [0.717, 1.165) is 47.8 Å². The molecular formula is C19H21N5O2S. The first kappa shape index (κ1) is 17.7. The van der Waals surface area contributed by atoms with Gasteiger partial charge in [0.2, 0.25) is 5.91 Å². The van der Waals surface area contributed by atoms with Crippen molar-refractivity contribution in [2.75, 3.05) is 5.32 Å². The third-order valence-corrected chi connectivity index (χ3v) is 5.41. The molecule has 140 valence electrons. The number of carbonyl (C=O) groups excluding carboxylic acids is 1. The number of fused-ring (bicyclic) bond motifs is 1. The van der Waals surface area contributed by atoms with Crippen molar-refractivity contribution in [3.8, 4) is 11.3 Å². The van der Waals surface area contributed by atoms with Crippen molar-refractivity contribution < 1.29 is 4.79 Å². The maximum absolute atomic E-state index is 12.5. The second kappa shape index (κ2) is 7.48. The molecule has 0 unspecified atom stereocenters. The lowest BCUT2D eigenvalue weighted by Gasteiger charge is -2.06.